The molecular weight excluding hydrogens is 350 g/mol. The van der Waals surface area contributed by atoms with Gasteiger partial charge in [-0.05, 0) is 67.6 Å². The normalized spacial score (nSPS) is 15.1. The molecule has 0 amide bonds. The van der Waals surface area contributed by atoms with E-state index in [4.69, 9.17) is 9.47 Å². The summed E-state index contributed by atoms with van der Waals surface area (Å²) in [5.41, 5.74) is 2.91. The highest BCUT2D eigenvalue weighted by Gasteiger charge is 2.14. The highest BCUT2D eigenvalue weighted by atomic mass is 16.5. The van der Waals surface area contributed by atoms with Crippen molar-refractivity contribution < 1.29 is 9.47 Å². The maximum Gasteiger partial charge on any atom is 0.232 e. The first-order valence-corrected chi connectivity index (χ1v) is 10.1. The monoisotopic (exact) mass is 377 g/mol. The molecule has 1 aliphatic heterocycles. The molecule has 1 aliphatic rings. The van der Waals surface area contributed by atoms with Gasteiger partial charge in [-0.15, -0.1) is 0 Å². The van der Waals surface area contributed by atoms with E-state index >= 15 is 0 Å². The number of hydrogen-bond donors (Lipinski definition) is 1. The third-order valence-electron chi connectivity index (χ3n) is 5.20. The van der Waals surface area contributed by atoms with E-state index in [-0.39, 0.29) is 0 Å². The third kappa shape index (κ3) is 4.60. The van der Waals surface area contributed by atoms with Gasteiger partial charge in [-0.1, -0.05) is 26.0 Å². The van der Waals surface area contributed by atoms with E-state index in [0.717, 1.165) is 48.5 Å². The molecule has 1 saturated heterocycles. The lowest BCUT2D eigenvalue weighted by Gasteiger charge is -2.22. The van der Waals surface area contributed by atoms with Crippen molar-refractivity contribution in [3.8, 4) is 17.4 Å². The molecule has 0 aliphatic carbocycles. The molecule has 28 heavy (non-hydrogen) atoms. The van der Waals surface area contributed by atoms with E-state index in [2.05, 4.69) is 41.3 Å². The lowest BCUT2D eigenvalue weighted by molar-refractivity contribution is 0.209. The van der Waals surface area contributed by atoms with E-state index in [1.165, 1.54) is 5.56 Å². The zero-order valence-electron chi connectivity index (χ0n) is 16.5. The van der Waals surface area contributed by atoms with Crippen LogP contribution in [0.4, 0.5) is 0 Å². The Morgan fingerprint density at radius 2 is 1.75 bits per heavy atom. The second kappa shape index (κ2) is 8.57. The minimum absolute atomic E-state index is 0.508. The SMILES string of the molecule is CC(C)c1ccc(Oc2ccc3ncc(OCC4CCNCC4)nc3c2)cc1. The summed E-state index contributed by atoms with van der Waals surface area (Å²) in [4.78, 5) is 9.09. The second-order valence-electron chi connectivity index (χ2n) is 7.69. The number of nitrogens with one attached hydrogen (secondary N) is 1. The molecule has 1 fully saturated rings. The summed E-state index contributed by atoms with van der Waals surface area (Å²) in [7, 11) is 0. The summed E-state index contributed by atoms with van der Waals surface area (Å²) in [5.74, 6) is 3.23. The van der Waals surface area contributed by atoms with E-state index < -0.39 is 0 Å². The van der Waals surface area contributed by atoms with Gasteiger partial charge >= 0.3 is 0 Å². The smallest absolute Gasteiger partial charge is 0.232 e. The van der Waals surface area contributed by atoms with Crippen molar-refractivity contribution in [2.75, 3.05) is 19.7 Å². The Balaban J connectivity index is 1.46. The average Bonchev–Trinajstić information content (AvgIpc) is 2.73. The predicted octanol–water partition coefficient (Wildman–Crippen LogP) is 4.92. The zero-order valence-corrected chi connectivity index (χ0v) is 16.5. The molecule has 0 saturated carbocycles. The molecule has 2 aromatic carbocycles. The molecule has 0 radical (unpaired) electrons. The van der Waals surface area contributed by atoms with E-state index in [0.29, 0.717) is 24.3 Å². The van der Waals surface area contributed by atoms with E-state index in [9.17, 15) is 0 Å². The van der Waals surface area contributed by atoms with Gasteiger partial charge in [0.15, 0.2) is 0 Å². The Morgan fingerprint density at radius 3 is 2.50 bits per heavy atom. The third-order valence-corrected chi connectivity index (χ3v) is 5.20. The largest absolute Gasteiger partial charge is 0.476 e. The first-order chi connectivity index (χ1) is 13.7. The zero-order chi connectivity index (χ0) is 19.3. The van der Waals surface area contributed by atoms with Crippen molar-refractivity contribution in [3.05, 3.63) is 54.2 Å². The lowest BCUT2D eigenvalue weighted by atomic mass is 9.99. The van der Waals surface area contributed by atoms with Crippen LogP contribution in [0.2, 0.25) is 0 Å². The van der Waals surface area contributed by atoms with Crippen molar-refractivity contribution in [2.24, 2.45) is 5.92 Å². The molecule has 0 bridgehead atoms. The summed E-state index contributed by atoms with van der Waals surface area (Å²) in [6.45, 7) is 7.19. The van der Waals surface area contributed by atoms with Gasteiger partial charge in [0.05, 0.1) is 23.8 Å². The van der Waals surface area contributed by atoms with Gasteiger partial charge in [-0.3, -0.25) is 0 Å². The predicted molar refractivity (Wildman–Crippen MR) is 111 cm³/mol. The maximum absolute atomic E-state index is 6.00. The molecule has 4 rings (SSSR count). The van der Waals surface area contributed by atoms with Crippen molar-refractivity contribution in [3.63, 3.8) is 0 Å². The van der Waals surface area contributed by atoms with Gasteiger partial charge < -0.3 is 14.8 Å². The minimum Gasteiger partial charge on any atom is -0.476 e. The second-order valence-corrected chi connectivity index (χ2v) is 7.69. The van der Waals surface area contributed by atoms with Gasteiger partial charge in [0.2, 0.25) is 5.88 Å². The van der Waals surface area contributed by atoms with Crippen LogP contribution >= 0.6 is 0 Å². The van der Waals surface area contributed by atoms with Crippen LogP contribution in [-0.4, -0.2) is 29.7 Å². The number of rotatable bonds is 6. The molecule has 5 heteroatoms. The number of nitrogens with zero attached hydrogens (tertiary/aromatic N) is 2. The summed E-state index contributed by atoms with van der Waals surface area (Å²) < 4.78 is 11.9. The Kier molecular flexibility index (Phi) is 5.72. The van der Waals surface area contributed by atoms with Crippen molar-refractivity contribution in [1.82, 2.24) is 15.3 Å². The number of benzene rings is 2. The molecule has 3 aromatic rings. The van der Waals surface area contributed by atoms with E-state index in [1.54, 1.807) is 6.20 Å². The molecule has 0 atom stereocenters. The van der Waals surface area contributed by atoms with Crippen LogP contribution in [0.1, 0.15) is 38.2 Å². The van der Waals surface area contributed by atoms with Crippen molar-refractivity contribution in [2.45, 2.75) is 32.6 Å². The molecule has 2 heterocycles. The summed E-state index contributed by atoms with van der Waals surface area (Å²) in [6, 6.07) is 14.0. The van der Waals surface area contributed by atoms with Crippen LogP contribution in [0.3, 0.4) is 0 Å². The van der Waals surface area contributed by atoms with Gasteiger partial charge in [0, 0.05) is 6.07 Å². The molecular formula is C23H27N3O2. The van der Waals surface area contributed by atoms with Gasteiger partial charge in [0.25, 0.3) is 0 Å². The van der Waals surface area contributed by atoms with Gasteiger partial charge in [-0.2, -0.15) is 0 Å². The Labute approximate surface area is 166 Å². The fourth-order valence-electron chi connectivity index (χ4n) is 3.42. The quantitative estimate of drug-likeness (QED) is 0.660. The van der Waals surface area contributed by atoms with Crippen LogP contribution in [0.5, 0.6) is 17.4 Å². The fourth-order valence-corrected chi connectivity index (χ4v) is 3.42. The van der Waals surface area contributed by atoms with Gasteiger partial charge in [0.1, 0.15) is 11.5 Å². The summed E-state index contributed by atoms with van der Waals surface area (Å²) in [6.07, 6.45) is 4.00. The number of hydrogen-bond acceptors (Lipinski definition) is 5. The standard InChI is InChI=1S/C23H27N3O2/c1-16(2)18-3-5-19(6-4-18)28-20-7-8-21-22(13-20)26-23(14-25-21)27-15-17-9-11-24-12-10-17/h3-8,13-14,16-17,24H,9-12,15H2,1-2H3. The number of ether oxygens (including phenoxy) is 2. The van der Waals surface area contributed by atoms with Crippen LogP contribution < -0.4 is 14.8 Å². The van der Waals surface area contributed by atoms with Crippen LogP contribution in [-0.2, 0) is 0 Å². The van der Waals surface area contributed by atoms with Crippen LogP contribution in [0.25, 0.3) is 11.0 Å². The van der Waals surface area contributed by atoms with Crippen molar-refractivity contribution in [1.29, 1.82) is 0 Å². The minimum atomic E-state index is 0.508. The summed E-state index contributed by atoms with van der Waals surface area (Å²) >= 11 is 0. The van der Waals surface area contributed by atoms with E-state index in [1.807, 2.05) is 30.3 Å². The first kappa shape index (κ1) is 18.7. The molecule has 146 valence electrons. The highest BCUT2D eigenvalue weighted by Crippen LogP contribution is 2.27. The Bertz CT molecular complexity index is 919. The molecule has 1 aromatic heterocycles. The molecule has 1 N–H and O–H groups in total. The Hall–Kier alpha value is -2.66. The number of fused-ring (bicyclic) bond motifs is 1. The topological polar surface area (TPSA) is 56.3 Å². The van der Waals surface area contributed by atoms with Crippen molar-refractivity contribution >= 4 is 11.0 Å². The molecule has 0 spiro atoms. The van der Waals surface area contributed by atoms with Gasteiger partial charge in [-0.25, -0.2) is 9.97 Å². The average molecular weight is 377 g/mol. The highest BCUT2D eigenvalue weighted by molar-refractivity contribution is 5.76. The van der Waals surface area contributed by atoms with Crippen LogP contribution in [0, 0.1) is 5.92 Å². The Morgan fingerprint density at radius 1 is 1.00 bits per heavy atom. The fraction of sp³-hybridized carbons (Fsp3) is 0.391. The number of aromatic nitrogens is 2. The maximum atomic E-state index is 6.00. The first-order valence-electron chi connectivity index (χ1n) is 10.1. The summed E-state index contributed by atoms with van der Waals surface area (Å²) in [5, 5.41) is 3.37. The molecule has 5 nitrogen and oxygen atoms in total. The van der Waals surface area contributed by atoms with Crippen LogP contribution in [0.15, 0.2) is 48.7 Å². The lowest BCUT2D eigenvalue weighted by Crippen LogP contribution is -2.30. The number of piperidine rings is 1. The molecule has 0 unspecified atom stereocenters.